The van der Waals surface area contributed by atoms with Gasteiger partial charge in [0, 0.05) is 23.8 Å². The first-order valence-corrected chi connectivity index (χ1v) is 8.27. The number of likely N-dealkylation sites (N-methyl/N-ethyl adjacent to an activating group) is 1. The standard InChI is InChI=1S/C13H20N2O4S/c1-5-10(9(2)14-3)11-7-6-8-12(20(4,18)19)13(11)15(16)17/h6-10,14H,5H2,1-4H3. The van der Waals surface area contributed by atoms with Crippen molar-refractivity contribution < 1.29 is 13.3 Å². The molecule has 1 aromatic rings. The van der Waals surface area contributed by atoms with Gasteiger partial charge in [-0.25, -0.2) is 8.42 Å². The molecule has 0 heterocycles. The fourth-order valence-corrected chi connectivity index (χ4v) is 3.25. The predicted molar refractivity (Wildman–Crippen MR) is 77.8 cm³/mol. The predicted octanol–water partition coefficient (Wildman–Crippen LogP) is 2.10. The average Bonchev–Trinajstić information content (AvgIpc) is 2.37. The highest BCUT2D eigenvalue weighted by Crippen LogP contribution is 2.35. The summed E-state index contributed by atoms with van der Waals surface area (Å²) in [4.78, 5) is 10.5. The zero-order valence-electron chi connectivity index (χ0n) is 12.1. The van der Waals surface area contributed by atoms with Crippen LogP contribution in [0.4, 0.5) is 5.69 Å². The monoisotopic (exact) mass is 300 g/mol. The van der Waals surface area contributed by atoms with E-state index in [0.717, 1.165) is 6.26 Å². The molecule has 0 saturated heterocycles. The van der Waals surface area contributed by atoms with E-state index in [1.807, 2.05) is 13.8 Å². The summed E-state index contributed by atoms with van der Waals surface area (Å²) in [5.74, 6) is -0.123. The second kappa shape index (κ2) is 6.32. The van der Waals surface area contributed by atoms with E-state index in [1.54, 1.807) is 19.2 Å². The lowest BCUT2D eigenvalue weighted by Crippen LogP contribution is -2.29. The molecule has 2 atom stereocenters. The van der Waals surface area contributed by atoms with Crippen LogP contribution in [-0.4, -0.2) is 32.7 Å². The third-order valence-corrected chi connectivity index (χ3v) is 4.64. The highest BCUT2D eigenvalue weighted by molar-refractivity contribution is 7.90. The number of nitrogens with one attached hydrogen (secondary N) is 1. The van der Waals surface area contributed by atoms with Gasteiger partial charge in [-0.15, -0.1) is 0 Å². The molecule has 0 aliphatic heterocycles. The van der Waals surface area contributed by atoms with Crippen molar-refractivity contribution in [3.05, 3.63) is 33.9 Å². The smallest absolute Gasteiger partial charge is 0.291 e. The minimum Gasteiger partial charge on any atom is -0.317 e. The van der Waals surface area contributed by atoms with Crippen molar-refractivity contribution in [2.24, 2.45) is 0 Å². The SMILES string of the molecule is CCC(c1cccc(S(C)(=O)=O)c1[N+](=O)[O-])C(C)NC. The van der Waals surface area contributed by atoms with Crippen LogP contribution >= 0.6 is 0 Å². The Bertz CT molecular complexity index is 598. The van der Waals surface area contributed by atoms with Crippen molar-refractivity contribution in [2.75, 3.05) is 13.3 Å². The Kier molecular flexibility index (Phi) is 5.24. The first-order chi connectivity index (χ1) is 9.23. The molecule has 7 heteroatoms. The minimum atomic E-state index is -3.64. The Morgan fingerprint density at radius 3 is 2.40 bits per heavy atom. The Morgan fingerprint density at radius 2 is 2.00 bits per heavy atom. The maximum atomic E-state index is 11.7. The van der Waals surface area contributed by atoms with Crippen molar-refractivity contribution in [1.82, 2.24) is 5.32 Å². The maximum absolute atomic E-state index is 11.7. The molecule has 0 spiro atoms. The zero-order valence-corrected chi connectivity index (χ0v) is 12.9. The van der Waals surface area contributed by atoms with Gasteiger partial charge in [0.2, 0.25) is 0 Å². The van der Waals surface area contributed by atoms with E-state index in [2.05, 4.69) is 5.32 Å². The van der Waals surface area contributed by atoms with Gasteiger partial charge < -0.3 is 5.32 Å². The van der Waals surface area contributed by atoms with E-state index in [9.17, 15) is 18.5 Å². The lowest BCUT2D eigenvalue weighted by molar-refractivity contribution is -0.388. The lowest BCUT2D eigenvalue weighted by Gasteiger charge is -2.23. The van der Waals surface area contributed by atoms with Crippen molar-refractivity contribution in [1.29, 1.82) is 0 Å². The molecule has 1 aromatic carbocycles. The van der Waals surface area contributed by atoms with Gasteiger partial charge in [-0.1, -0.05) is 19.1 Å². The van der Waals surface area contributed by atoms with Gasteiger partial charge in [0.15, 0.2) is 9.84 Å². The topological polar surface area (TPSA) is 89.3 Å². The maximum Gasteiger partial charge on any atom is 0.291 e. The quantitative estimate of drug-likeness (QED) is 0.642. The second-order valence-electron chi connectivity index (χ2n) is 4.82. The number of hydrogen-bond acceptors (Lipinski definition) is 5. The fraction of sp³-hybridized carbons (Fsp3) is 0.538. The lowest BCUT2D eigenvalue weighted by atomic mass is 9.89. The van der Waals surface area contributed by atoms with Crippen molar-refractivity contribution in [3.63, 3.8) is 0 Å². The van der Waals surface area contributed by atoms with Crippen molar-refractivity contribution in [3.8, 4) is 0 Å². The first-order valence-electron chi connectivity index (χ1n) is 6.38. The highest BCUT2D eigenvalue weighted by Gasteiger charge is 2.30. The molecule has 1 N–H and O–H groups in total. The average molecular weight is 300 g/mol. The summed E-state index contributed by atoms with van der Waals surface area (Å²) < 4.78 is 23.5. The van der Waals surface area contributed by atoms with E-state index in [4.69, 9.17) is 0 Å². The van der Waals surface area contributed by atoms with Gasteiger partial charge >= 0.3 is 0 Å². The molecule has 0 fully saturated rings. The third kappa shape index (κ3) is 3.34. The Hall–Kier alpha value is -1.47. The van der Waals surface area contributed by atoms with Crippen LogP contribution in [0, 0.1) is 10.1 Å². The van der Waals surface area contributed by atoms with Crippen LogP contribution in [0.1, 0.15) is 31.7 Å². The molecule has 0 aliphatic carbocycles. The Balaban J connectivity index is 3.59. The molecule has 20 heavy (non-hydrogen) atoms. The van der Waals surface area contributed by atoms with Crippen LogP contribution in [-0.2, 0) is 9.84 Å². The molecule has 1 rings (SSSR count). The van der Waals surface area contributed by atoms with E-state index >= 15 is 0 Å². The summed E-state index contributed by atoms with van der Waals surface area (Å²) in [6.07, 6.45) is 1.66. The van der Waals surface area contributed by atoms with Crippen LogP contribution < -0.4 is 5.32 Å². The first kappa shape index (κ1) is 16.6. The summed E-state index contributed by atoms with van der Waals surface area (Å²) in [6, 6.07) is 4.49. The Morgan fingerprint density at radius 1 is 1.40 bits per heavy atom. The van der Waals surface area contributed by atoms with Crippen molar-refractivity contribution >= 4 is 15.5 Å². The van der Waals surface area contributed by atoms with Crippen LogP contribution in [0.2, 0.25) is 0 Å². The van der Waals surface area contributed by atoms with E-state index in [1.165, 1.54) is 6.07 Å². The summed E-state index contributed by atoms with van der Waals surface area (Å²) in [7, 11) is -1.86. The molecule has 112 valence electrons. The molecule has 0 bridgehead atoms. The summed E-state index contributed by atoms with van der Waals surface area (Å²) in [5.41, 5.74) is 0.159. The number of nitro groups is 1. The Labute approximate surface area is 119 Å². The number of nitrogens with zero attached hydrogens (tertiary/aromatic N) is 1. The van der Waals surface area contributed by atoms with Crippen LogP contribution in [0.5, 0.6) is 0 Å². The van der Waals surface area contributed by atoms with Gasteiger partial charge in [-0.05, 0) is 26.5 Å². The highest BCUT2D eigenvalue weighted by atomic mass is 32.2. The van der Waals surface area contributed by atoms with Gasteiger partial charge in [-0.3, -0.25) is 10.1 Å². The molecule has 0 aliphatic rings. The van der Waals surface area contributed by atoms with Crippen LogP contribution in [0.15, 0.2) is 23.1 Å². The normalized spacial score (nSPS) is 14.8. The zero-order chi connectivity index (χ0) is 15.5. The fourth-order valence-electron chi connectivity index (χ4n) is 2.38. The number of sulfone groups is 1. The van der Waals surface area contributed by atoms with E-state index in [0.29, 0.717) is 12.0 Å². The summed E-state index contributed by atoms with van der Waals surface area (Å²) in [6.45, 7) is 3.85. The number of hydrogen-bond donors (Lipinski definition) is 1. The van der Waals surface area contributed by atoms with Crippen molar-refractivity contribution in [2.45, 2.75) is 37.1 Å². The van der Waals surface area contributed by atoms with Gasteiger partial charge in [0.05, 0.1) is 4.92 Å². The molecule has 0 aromatic heterocycles. The molecular weight excluding hydrogens is 280 g/mol. The van der Waals surface area contributed by atoms with E-state index in [-0.39, 0.29) is 22.5 Å². The summed E-state index contributed by atoms with van der Waals surface area (Å²) >= 11 is 0. The minimum absolute atomic E-state index is 0.00788. The van der Waals surface area contributed by atoms with Gasteiger partial charge in [0.25, 0.3) is 5.69 Å². The second-order valence-corrected chi connectivity index (χ2v) is 6.80. The third-order valence-electron chi connectivity index (χ3n) is 3.51. The van der Waals surface area contributed by atoms with E-state index < -0.39 is 14.8 Å². The van der Waals surface area contributed by atoms with Crippen LogP contribution in [0.25, 0.3) is 0 Å². The summed E-state index contributed by atoms with van der Waals surface area (Å²) in [5, 5.41) is 14.4. The number of rotatable bonds is 6. The molecule has 0 radical (unpaired) electrons. The molecule has 0 saturated carbocycles. The van der Waals surface area contributed by atoms with Gasteiger partial charge in [-0.2, -0.15) is 0 Å². The number of nitro benzene ring substituents is 1. The molecular formula is C13H20N2O4S. The van der Waals surface area contributed by atoms with Gasteiger partial charge in [0.1, 0.15) is 4.90 Å². The molecule has 2 unspecified atom stereocenters. The number of benzene rings is 1. The molecule has 0 amide bonds. The largest absolute Gasteiger partial charge is 0.317 e. The number of para-hydroxylation sites is 1. The molecule has 6 nitrogen and oxygen atoms in total. The van der Waals surface area contributed by atoms with Crippen LogP contribution in [0.3, 0.4) is 0 Å².